The topological polar surface area (TPSA) is 77.4 Å². The lowest BCUT2D eigenvalue weighted by Gasteiger charge is -2.34. The summed E-state index contributed by atoms with van der Waals surface area (Å²) in [7, 11) is 4.98. The van der Waals surface area contributed by atoms with Crippen LogP contribution in [0.15, 0.2) is 0 Å². The van der Waals surface area contributed by atoms with E-state index in [0.29, 0.717) is 0 Å². The number of alkyl halides is 1. The average Bonchev–Trinajstić information content (AvgIpc) is 1.97. The van der Waals surface area contributed by atoms with Gasteiger partial charge >= 0.3 is 0 Å². The minimum atomic E-state index is -2.19. The number of carbonyl (C=O) groups is 2. The number of carboxylic acids is 1. The van der Waals surface area contributed by atoms with Crippen molar-refractivity contribution in [2.75, 3.05) is 34.4 Å². The van der Waals surface area contributed by atoms with Crippen molar-refractivity contribution in [2.24, 2.45) is 0 Å². The molecule has 0 amide bonds. The van der Waals surface area contributed by atoms with Crippen LogP contribution < -0.4 is 5.11 Å². The molecular formula is C9H16FNO4. The third-order valence-corrected chi connectivity index (χ3v) is 1.81. The maximum atomic E-state index is 12.2. The Kier molecular flexibility index (Phi) is 4.36. The molecule has 0 aliphatic heterocycles. The molecule has 0 bridgehead atoms. The number of hydrogen-bond donors (Lipinski definition) is 1. The zero-order valence-electron chi connectivity index (χ0n) is 9.12. The summed E-state index contributed by atoms with van der Waals surface area (Å²) < 4.78 is 12.3. The van der Waals surface area contributed by atoms with Crippen LogP contribution in [0.25, 0.3) is 0 Å². The Bertz CT molecular complexity index is 261. The van der Waals surface area contributed by atoms with E-state index in [1.54, 1.807) is 21.1 Å². The first-order valence-electron chi connectivity index (χ1n) is 4.43. The van der Waals surface area contributed by atoms with E-state index in [1.165, 1.54) is 0 Å². The van der Waals surface area contributed by atoms with Gasteiger partial charge in [0, 0.05) is 12.4 Å². The minimum Gasteiger partial charge on any atom is -0.550 e. The van der Waals surface area contributed by atoms with Gasteiger partial charge in [-0.2, -0.15) is 0 Å². The van der Waals surface area contributed by atoms with Crippen LogP contribution in [0.2, 0.25) is 0 Å². The Morgan fingerprint density at radius 3 is 2.13 bits per heavy atom. The molecule has 0 unspecified atom stereocenters. The van der Waals surface area contributed by atoms with Gasteiger partial charge in [0.15, 0.2) is 12.3 Å². The summed E-state index contributed by atoms with van der Waals surface area (Å²) in [5, 5.41) is 20.1. The number of nitrogens with zero attached hydrogens (tertiary/aromatic N) is 1. The third-order valence-electron chi connectivity index (χ3n) is 1.81. The molecule has 5 nitrogen and oxygen atoms in total. The van der Waals surface area contributed by atoms with E-state index in [1.807, 2.05) is 0 Å². The largest absolute Gasteiger partial charge is 0.550 e. The molecule has 6 heteroatoms. The van der Waals surface area contributed by atoms with Gasteiger partial charge in [-0.25, -0.2) is 4.39 Å². The van der Waals surface area contributed by atoms with Crippen molar-refractivity contribution >= 4 is 11.8 Å². The first-order chi connectivity index (χ1) is 6.60. The van der Waals surface area contributed by atoms with Crippen molar-refractivity contribution in [2.45, 2.75) is 12.0 Å². The van der Waals surface area contributed by atoms with Crippen molar-refractivity contribution in [3.63, 3.8) is 0 Å². The summed E-state index contributed by atoms with van der Waals surface area (Å²) in [6, 6.07) is 0. The number of aliphatic hydroxyl groups is 1. The van der Waals surface area contributed by atoms with Crippen LogP contribution in [-0.4, -0.2) is 61.3 Å². The van der Waals surface area contributed by atoms with Gasteiger partial charge in [0.2, 0.25) is 5.78 Å². The number of hydrogen-bond acceptors (Lipinski definition) is 4. The van der Waals surface area contributed by atoms with Crippen LogP contribution >= 0.6 is 0 Å². The Balaban J connectivity index is 4.86. The summed E-state index contributed by atoms with van der Waals surface area (Å²) in [6.07, 6.45) is -0.884. The molecule has 0 saturated carbocycles. The number of carboxylic acid groups (broad SMARTS) is 1. The molecule has 88 valence electrons. The third kappa shape index (κ3) is 4.85. The van der Waals surface area contributed by atoms with E-state index >= 15 is 0 Å². The summed E-state index contributed by atoms with van der Waals surface area (Å²) in [6.45, 7) is -1.56. The molecule has 0 aliphatic carbocycles. The molecule has 0 rings (SSSR count). The number of carbonyl (C=O) groups excluding carboxylic acids is 2. The summed E-state index contributed by atoms with van der Waals surface area (Å²) in [5.41, 5.74) is -2.19. The molecule has 0 radical (unpaired) electrons. The van der Waals surface area contributed by atoms with E-state index < -0.39 is 30.4 Å². The van der Waals surface area contributed by atoms with E-state index in [2.05, 4.69) is 0 Å². The smallest absolute Gasteiger partial charge is 0.201 e. The molecule has 0 fully saturated rings. The van der Waals surface area contributed by atoms with Crippen LogP contribution in [0, 0.1) is 0 Å². The number of aliphatic carboxylic acids is 1. The van der Waals surface area contributed by atoms with Crippen molar-refractivity contribution in [1.29, 1.82) is 0 Å². The van der Waals surface area contributed by atoms with E-state index in [4.69, 9.17) is 0 Å². The highest BCUT2D eigenvalue weighted by atomic mass is 19.1. The first-order valence-corrected chi connectivity index (χ1v) is 4.43. The fraction of sp³-hybridized carbons (Fsp3) is 0.778. The predicted molar refractivity (Wildman–Crippen MR) is 48.5 cm³/mol. The second kappa shape index (κ2) is 4.67. The first kappa shape index (κ1) is 14.0. The number of quaternary nitrogens is 1. The van der Waals surface area contributed by atoms with Gasteiger partial charge in [-0.05, 0) is 0 Å². The predicted octanol–water partition coefficient (Wildman–Crippen LogP) is -1.90. The number of Topliss-reactive ketones (excluding diaryl/α,β-unsaturated/α-hetero) is 1. The standard InChI is InChI=1S/C9H16FNO4/c1-11(2,3)6-9(15,4-8(13)14)7(12)5-10/h15H,4-6H2,1-3H3/t9-/m1/s1. The molecule has 0 saturated heterocycles. The lowest BCUT2D eigenvalue weighted by atomic mass is 9.93. The van der Waals surface area contributed by atoms with Crippen molar-refractivity contribution in [1.82, 2.24) is 0 Å². The number of halogens is 1. The Hall–Kier alpha value is -1.01. The summed E-state index contributed by atoms with van der Waals surface area (Å²) >= 11 is 0. The lowest BCUT2D eigenvalue weighted by molar-refractivity contribution is -0.875. The summed E-state index contributed by atoms with van der Waals surface area (Å²) in [5.74, 6) is -2.70. The highest BCUT2D eigenvalue weighted by Gasteiger charge is 2.40. The molecule has 15 heavy (non-hydrogen) atoms. The number of likely N-dealkylation sites (N-methyl/N-ethyl adjacent to an activating group) is 1. The highest BCUT2D eigenvalue weighted by Crippen LogP contribution is 2.15. The van der Waals surface area contributed by atoms with Gasteiger partial charge < -0.3 is 19.5 Å². The summed E-state index contributed by atoms with van der Waals surface area (Å²) in [4.78, 5) is 21.5. The molecule has 0 heterocycles. The highest BCUT2D eigenvalue weighted by molar-refractivity contribution is 5.91. The second-order valence-corrected chi connectivity index (χ2v) is 4.59. The molecule has 0 aliphatic rings. The molecule has 0 aromatic carbocycles. The number of rotatable bonds is 6. The minimum absolute atomic E-state index is 0.148. The Labute approximate surface area is 87.7 Å². The Morgan fingerprint density at radius 2 is 1.87 bits per heavy atom. The fourth-order valence-corrected chi connectivity index (χ4v) is 1.39. The normalized spacial score (nSPS) is 15.8. The van der Waals surface area contributed by atoms with Crippen molar-refractivity contribution in [3.8, 4) is 0 Å². The molecular weight excluding hydrogens is 205 g/mol. The lowest BCUT2D eigenvalue weighted by Crippen LogP contribution is -2.56. The maximum absolute atomic E-state index is 12.2. The van der Waals surface area contributed by atoms with Crippen LogP contribution in [-0.2, 0) is 9.59 Å². The maximum Gasteiger partial charge on any atom is 0.201 e. The molecule has 1 N–H and O–H groups in total. The van der Waals surface area contributed by atoms with Crippen LogP contribution in [0.4, 0.5) is 4.39 Å². The zero-order chi connectivity index (χ0) is 12.3. The van der Waals surface area contributed by atoms with Crippen molar-refractivity contribution < 1.29 is 28.7 Å². The number of ketones is 1. The zero-order valence-corrected chi connectivity index (χ0v) is 9.12. The molecule has 0 aromatic rings. The molecule has 0 spiro atoms. The van der Waals surface area contributed by atoms with Gasteiger partial charge in [0.1, 0.15) is 6.54 Å². The van der Waals surface area contributed by atoms with Gasteiger partial charge in [-0.15, -0.1) is 0 Å². The average molecular weight is 221 g/mol. The van der Waals surface area contributed by atoms with Gasteiger partial charge in [-0.1, -0.05) is 0 Å². The Morgan fingerprint density at radius 1 is 1.40 bits per heavy atom. The van der Waals surface area contributed by atoms with E-state index in [0.717, 1.165) is 0 Å². The molecule has 0 aromatic heterocycles. The van der Waals surface area contributed by atoms with Crippen LogP contribution in [0.3, 0.4) is 0 Å². The van der Waals surface area contributed by atoms with Crippen LogP contribution in [0.1, 0.15) is 6.42 Å². The van der Waals surface area contributed by atoms with Crippen molar-refractivity contribution in [3.05, 3.63) is 0 Å². The van der Waals surface area contributed by atoms with Gasteiger partial charge in [0.25, 0.3) is 0 Å². The van der Waals surface area contributed by atoms with E-state index in [-0.39, 0.29) is 11.0 Å². The second-order valence-electron chi connectivity index (χ2n) is 4.59. The van der Waals surface area contributed by atoms with Crippen LogP contribution in [0.5, 0.6) is 0 Å². The quantitative estimate of drug-likeness (QED) is 0.532. The van der Waals surface area contributed by atoms with Gasteiger partial charge in [-0.3, -0.25) is 4.79 Å². The fourth-order valence-electron chi connectivity index (χ4n) is 1.39. The van der Waals surface area contributed by atoms with Gasteiger partial charge in [0.05, 0.1) is 21.1 Å². The monoisotopic (exact) mass is 221 g/mol. The van der Waals surface area contributed by atoms with E-state index in [9.17, 15) is 24.2 Å². The SMILES string of the molecule is C[N+](C)(C)C[C@](O)(CC(=O)[O-])C(=O)CF. The molecule has 1 atom stereocenters.